The number of carbonyl (C=O) groups is 3. The van der Waals surface area contributed by atoms with Crippen LogP contribution in [-0.4, -0.2) is 53.1 Å². The van der Waals surface area contributed by atoms with Crippen LogP contribution in [-0.2, 0) is 19.1 Å². The minimum Gasteiger partial charge on any atom is -0.481 e. The maximum atomic E-state index is 12.1. The van der Waals surface area contributed by atoms with Crippen molar-refractivity contribution < 1.29 is 24.2 Å². The van der Waals surface area contributed by atoms with Crippen molar-refractivity contribution in [2.24, 2.45) is 5.73 Å². The number of aliphatic carboxylic acids is 1. The molecule has 7 heteroatoms. The third-order valence-electron chi connectivity index (χ3n) is 2.86. The van der Waals surface area contributed by atoms with Gasteiger partial charge >= 0.3 is 11.9 Å². The van der Waals surface area contributed by atoms with E-state index in [1.807, 2.05) is 0 Å². The molecule has 0 aromatic carbocycles. The lowest BCUT2D eigenvalue weighted by atomic mass is 10.1. The van der Waals surface area contributed by atoms with Gasteiger partial charge < -0.3 is 20.5 Å². The highest BCUT2D eigenvalue weighted by atomic mass is 16.5. The van der Waals surface area contributed by atoms with E-state index in [0.717, 1.165) is 12.8 Å². The number of nitrogens with zero attached hydrogens (tertiary/aromatic N) is 1. The van der Waals surface area contributed by atoms with Crippen LogP contribution in [0, 0.1) is 0 Å². The van der Waals surface area contributed by atoms with E-state index in [0.29, 0.717) is 0 Å². The molecular weight excluding hydrogens is 252 g/mol. The molecule has 0 radical (unpaired) electrons. The fraction of sp³-hybridized carbons (Fsp3) is 0.750. The van der Waals surface area contributed by atoms with Crippen molar-refractivity contribution in [3.05, 3.63) is 0 Å². The van der Waals surface area contributed by atoms with Gasteiger partial charge in [0.2, 0.25) is 5.91 Å². The van der Waals surface area contributed by atoms with Crippen LogP contribution in [0.1, 0.15) is 32.6 Å². The molecule has 1 fully saturated rings. The molecule has 1 saturated carbocycles. The highest BCUT2D eigenvalue weighted by molar-refractivity contribution is 5.86. The molecule has 1 aliphatic carbocycles. The predicted octanol–water partition coefficient (Wildman–Crippen LogP) is -0.267. The number of nitrogens with two attached hydrogens (primary N) is 1. The van der Waals surface area contributed by atoms with Crippen LogP contribution in [0.5, 0.6) is 0 Å². The lowest BCUT2D eigenvalue weighted by molar-refractivity contribution is -0.150. The summed E-state index contributed by atoms with van der Waals surface area (Å²) in [6, 6.07) is -0.848. The van der Waals surface area contributed by atoms with E-state index in [1.54, 1.807) is 6.92 Å². The second-order valence-corrected chi connectivity index (χ2v) is 4.54. The summed E-state index contributed by atoms with van der Waals surface area (Å²) in [6.07, 6.45) is 1.60. The smallest absolute Gasteiger partial charge is 0.325 e. The number of carbonyl (C=O) groups excluding carboxylic acids is 2. The zero-order valence-corrected chi connectivity index (χ0v) is 11.0. The van der Waals surface area contributed by atoms with Crippen LogP contribution in [0.3, 0.4) is 0 Å². The minimum atomic E-state index is -0.994. The first-order valence-corrected chi connectivity index (χ1v) is 6.39. The maximum absolute atomic E-state index is 12.1. The van der Waals surface area contributed by atoms with Gasteiger partial charge in [-0.2, -0.15) is 0 Å². The molecule has 0 bridgehead atoms. The van der Waals surface area contributed by atoms with Gasteiger partial charge in [0.25, 0.3) is 0 Å². The Hall–Kier alpha value is -1.63. The van der Waals surface area contributed by atoms with Gasteiger partial charge in [-0.15, -0.1) is 0 Å². The Kier molecular flexibility index (Phi) is 5.75. The molecule has 0 aromatic rings. The SMILES string of the molecule is CCOC(=O)CN(C(=O)C(N)CCC(=O)O)C1CC1. The van der Waals surface area contributed by atoms with Gasteiger partial charge in [-0.1, -0.05) is 0 Å². The zero-order valence-electron chi connectivity index (χ0n) is 11.0. The number of esters is 1. The van der Waals surface area contributed by atoms with Gasteiger partial charge in [0.1, 0.15) is 6.54 Å². The van der Waals surface area contributed by atoms with Crippen molar-refractivity contribution in [2.75, 3.05) is 13.2 Å². The largest absolute Gasteiger partial charge is 0.481 e. The lowest BCUT2D eigenvalue weighted by Crippen LogP contribution is -2.47. The molecule has 1 amide bonds. The second kappa shape index (κ2) is 7.08. The number of hydrogen-bond acceptors (Lipinski definition) is 5. The van der Waals surface area contributed by atoms with Gasteiger partial charge in [-0.05, 0) is 26.2 Å². The standard InChI is InChI=1S/C12H20N2O5/c1-2-19-11(17)7-14(8-3-4-8)12(18)9(13)5-6-10(15)16/h8-9H,2-7,13H2,1H3,(H,15,16). The first-order valence-electron chi connectivity index (χ1n) is 6.39. The molecule has 0 spiro atoms. The van der Waals surface area contributed by atoms with Gasteiger partial charge in [0.05, 0.1) is 12.6 Å². The fourth-order valence-corrected chi connectivity index (χ4v) is 1.73. The Bertz CT molecular complexity index is 354. The number of ether oxygens (including phenoxy) is 1. The number of amides is 1. The summed E-state index contributed by atoms with van der Waals surface area (Å²) in [6.45, 7) is 1.84. The number of carboxylic acid groups (broad SMARTS) is 1. The highest BCUT2D eigenvalue weighted by Gasteiger charge is 2.36. The predicted molar refractivity (Wildman–Crippen MR) is 66.2 cm³/mol. The van der Waals surface area contributed by atoms with Crippen LogP contribution >= 0.6 is 0 Å². The number of carboxylic acids is 1. The monoisotopic (exact) mass is 272 g/mol. The maximum Gasteiger partial charge on any atom is 0.325 e. The Balaban J connectivity index is 2.52. The van der Waals surface area contributed by atoms with Crippen LogP contribution in [0.25, 0.3) is 0 Å². The molecule has 19 heavy (non-hydrogen) atoms. The average molecular weight is 272 g/mol. The molecule has 0 saturated heterocycles. The van der Waals surface area contributed by atoms with E-state index in [9.17, 15) is 14.4 Å². The average Bonchev–Trinajstić information content (AvgIpc) is 3.16. The summed E-state index contributed by atoms with van der Waals surface area (Å²) >= 11 is 0. The highest BCUT2D eigenvalue weighted by Crippen LogP contribution is 2.27. The molecule has 1 rings (SSSR count). The Morgan fingerprint density at radius 3 is 2.53 bits per heavy atom. The molecule has 7 nitrogen and oxygen atoms in total. The lowest BCUT2D eigenvalue weighted by Gasteiger charge is -2.24. The van der Waals surface area contributed by atoms with Crippen molar-refractivity contribution in [3.63, 3.8) is 0 Å². The summed E-state index contributed by atoms with van der Waals surface area (Å²) in [5, 5.41) is 8.57. The van der Waals surface area contributed by atoms with E-state index in [2.05, 4.69) is 0 Å². The quantitative estimate of drug-likeness (QED) is 0.589. The van der Waals surface area contributed by atoms with Crippen molar-refractivity contribution >= 4 is 17.8 Å². The molecule has 0 aromatic heterocycles. The summed E-state index contributed by atoms with van der Waals surface area (Å²) in [5.74, 6) is -1.84. The van der Waals surface area contributed by atoms with E-state index >= 15 is 0 Å². The zero-order chi connectivity index (χ0) is 14.4. The third kappa shape index (κ3) is 5.25. The number of hydrogen-bond donors (Lipinski definition) is 2. The van der Waals surface area contributed by atoms with Crippen LogP contribution in [0.2, 0.25) is 0 Å². The van der Waals surface area contributed by atoms with E-state index in [4.69, 9.17) is 15.6 Å². The third-order valence-corrected chi connectivity index (χ3v) is 2.86. The molecule has 108 valence electrons. The first kappa shape index (κ1) is 15.4. The summed E-state index contributed by atoms with van der Waals surface area (Å²) in [5.41, 5.74) is 5.68. The summed E-state index contributed by atoms with van der Waals surface area (Å²) in [4.78, 5) is 35.4. The molecule has 0 aliphatic heterocycles. The molecule has 1 atom stereocenters. The van der Waals surface area contributed by atoms with Crippen LogP contribution in [0.4, 0.5) is 0 Å². The van der Waals surface area contributed by atoms with Gasteiger partial charge in [-0.3, -0.25) is 14.4 Å². The first-order chi connectivity index (χ1) is 8.95. The second-order valence-electron chi connectivity index (χ2n) is 4.54. The summed E-state index contributed by atoms with van der Waals surface area (Å²) < 4.78 is 4.81. The Labute approximate surface area is 111 Å². The molecular formula is C12H20N2O5. The van der Waals surface area contributed by atoms with Gasteiger partial charge in [0, 0.05) is 12.5 Å². The topological polar surface area (TPSA) is 110 Å². The molecule has 3 N–H and O–H groups in total. The van der Waals surface area contributed by atoms with E-state index in [1.165, 1.54) is 4.90 Å². The summed E-state index contributed by atoms with van der Waals surface area (Å²) in [7, 11) is 0. The Morgan fingerprint density at radius 1 is 1.42 bits per heavy atom. The van der Waals surface area contributed by atoms with E-state index in [-0.39, 0.29) is 37.9 Å². The normalized spacial score (nSPS) is 15.7. The fourth-order valence-electron chi connectivity index (χ4n) is 1.73. The Morgan fingerprint density at radius 2 is 2.05 bits per heavy atom. The van der Waals surface area contributed by atoms with Crippen molar-refractivity contribution in [1.82, 2.24) is 4.90 Å². The van der Waals surface area contributed by atoms with Crippen molar-refractivity contribution in [2.45, 2.75) is 44.7 Å². The molecule has 1 aliphatic rings. The van der Waals surface area contributed by atoms with Crippen LogP contribution in [0.15, 0.2) is 0 Å². The van der Waals surface area contributed by atoms with E-state index < -0.39 is 18.0 Å². The minimum absolute atomic E-state index is 0.0350. The number of rotatable bonds is 8. The van der Waals surface area contributed by atoms with Crippen LogP contribution < -0.4 is 5.73 Å². The molecule has 1 unspecified atom stereocenters. The van der Waals surface area contributed by atoms with Gasteiger partial charge in [0.15, 0.2) is 0 Å². The van der Waals surface area contributed by atoms with Crippen molar-refractivity contribution in [3.8, 4) is 0 Å². The van der Waals surface area contributed by atoms with Gasteiger partial charge in [-0.25, -0.2) is 0 Å². The van der Waals surface area contributed by atoms with Crippen molar-refractivity contribution in [1.29, 1.82) is 0 Å². The molecule has 0 heterocycles.